The number of halogens is 1. The molecule has 3 N–H and O–H groups in total. The van der Waals surface area contributed by atoms with Crippen LogP contribution in [0.15, 0.2) is 29.3 Å². The number of hydrogen-bond acceptors (Lipinski definition) is 3. The highest BCUT2D eigenvalue weighted by atomic mass is 35.5. The van der Waals surface area contributed by atoms with E-state index in [2.05, 4.69) is 27.3 Å². The van der Waals surface area contributed by atoms with Gasteiger partial charge in [0.25, 0.3) is 0 Å². The van der Waals surface area contributed by atoms with E-state index in [9.17, 15) is 0 Å². The average Bonchev–Trinajstić information content (AvgIpc) is 2.58. The maximum absolute atomic E-state index is 5.88. The third-order valence-corrected chi connectivity index (χ3v) is 4.13. The summed E-state index contributed by atoms with van der Waals surface area (Å²) in [5.74, 6) is 0.545. The van der Waals surface area contributed by atoms with Crippen molar-refractivity contribution in [3.05, 3.63) is 34.9 Å². The van der Waals surface area contributed by atoms with Crippen LogP contribution in [0.5, 0.6) is 0 Å². The minimum Gasteiger partial charge on any atom is -0.379 e. The van der Waals surface area contributed by atoms with Crippen molar-refractivity contribution in [2.75, 3.05) is 45.9 Å². The van der Waals surface area contributed by atoms with Gasteiger partial charge < -0.3 is 15.8 Å². The van der Waals surface area contributed by atoms with Crippen LogP contribution in [0.4, 0.5) is 0 Å². The zero-order valence-electron chi connectivity index (χ0n) is 13.6. The van der Waals surface area contributed by atoms with E-state index in [0.29, 0.717) is 5.96 Å². The number of rotatable bonds is 8. The van der Waals surface area contributed by atoms with Crippen LogP contribution in [0, 0.1) is 0 Å². The number of nitrogens with one attached hydrogen (secondary N) is 1. The highest BCUT2D eigenvalue weighted by molar-refractivity contribution is 6.30. The molecule has 0 aromatic heterocycles. The number of aryl methyl sites for hydroxylation is 1. The second kappa shape index (κ2) is 10.5. The Labute approximate surface area is 143 Å². The fraction of sp³-hybridized carbons (Fsp3) is 0.588. The van der Waals surface area contributed by atoms with Gasteiger partial charge in [-0.15, -0.1) is 0 Å². The molecule has 0 bridgehead atoms. The summed E-state index contributed by atoms with van der Waals surface area (Å²) in [6, 6.07) is 7.95. The molecule has 1 aliphatic heterocycles. The van der Waals surface area contributed by atoms with Gasteiger partial charge in [0, 0.05) is 31.2 Å². The molecule has 0 spiro atoms. The van der Waals surface area contributed by atoms with Crippen molar-refractivity contribution < 1.29 is 4.74 Å². The van der Waals surface area contributed by atoms with Crippen molar-refractivity contribution in [2.24, 2.45) is 10.7 Å². The Morgan fingerprint density at radius 2 is 1.96 bits per heavy atom. The zero-order valence-corrected chi connectivity index (χ0v) is 14.4. The van der Waals surface area contributed by atoms with Crippen molar-refractivity contribution in [1.82, 2.24) is 10.2 Å². The molecule has 1 heterocycles. The first-order valence-electron chi connectivity index (χ1n) is 8.32. The highest BCUT2D eigenvalue weighted by Crippen LogP contribution is 2.10. The lowest BCUT2D eigenvalue weighted by Crippen LogP contribution is -2.39. The van der Waals surface area contributed by atoms with Gasteiger partial charge in [-0.3, -0.25) is 9.89 Å². The molecule has 0 radical (unpaired) electrons. The van der Waals surface area contributed by atoms with Gasteiger partial charge in [0.1, 0.15) is 0 Å². The predicted octanol–water partition coefficient (Wildman–Crippen LogP) is 1.90. The van der Waals surface area contributed by atoms with Crippen LogP contribution in [0.3, 0.4) is 0 Å². The first kappa shape index (κ1) is 18.0. The first-order chi connectivity index (χ1) is 11.2. The molecule has 1 saturated heterocycles. The van der Waals surface area contributed by atoms with Gasteiger partial charge in [0.05, 0.1) is 13.2 Å². The Morgan fingerprint density at radius 1 is 1.22 bits per heavy atom. The van der Waals surface area contributed by atoms with Crippen LogP contribution in [0.25, 0.3) is 0 Å². The number of guanidine groups is 1. The molecule has 1 aliphatic rings. The van der Waals surface area contributed by atoms with Gasteiger partial charge in [-0.2, -0.15) is 0 Å². The fourth-order valence-corrected chi connectivity index (χ4v) is 2.66. The van der Waals surface area contributed by atoms with Crippen LogP contribution in [-0.4, -0.2) is 56.8 Å². The largest absolute Gasteiger partial charge is 0.379 e. The molecule has 6 heteroatoms. The summed E-state index contributed by atoms with van der Waals surface area (Å²) in [5, 5.41) is 3.96. The minimum atomic E-state index is 0.545. The maximum Gasteiger partial charge on any atom is 0.188 e. The van der Waals surface area contributed by atoms with Crippen LogP contribution in [-0.2, 0) is 11.2 Å². The average molecular weight is 339 g/mol. The molecule has 5 nitrogen and oxygen atoms in total. The summed E-state index contributed by atoms with van der Waals surface area (Å²) in [4.78, 5) is 6.79. The van der Waals surface area contributed by atoms with Crippen LogP contribution < -0.4 is 11.1 Å². The van der Waals surface area contributed by atoms with Crippen molar-refractivity contribution in [2.45, 2.75) is 19.3 Å². The lowest BCUT2D eigenvalue weighted by molar-refractivity contribution is 0.0376. The first-order valence-corrected chi connectivity index (χ1v) is 8.70. The minimum absolute atomic E-state index is 0.545. The number of aliphatic imine (C=N–C) groups is 1. The van der Waals surface area contributed by atoms with Gasteiger partial charge in [-0.25, -0.2) is 0 Å². The molecular weight excluding hydrogens is 312 g/mol. The van der Waals surface area contributed by atoms with Crippen LogP contribution in [0.1, 0.15) is 18.4 Å². The quantitative estimate of drug-likeness (QED) is 0.432. The zero-order chi connectivity index (χ0) is 16.3. The molecule has 2 rings (SSSR count). The second-order valence-electron chi connectivity index (χ2n) is 5.73. The fourth-order valence-electron chi connectivity index (χ4n) is 2.53. The van der Waals surface area contributed by atoms with E-state index >= 15 is 0 Å². The lowest BCUT2D eigenvalue weighted by atomic mass is 10.1. The monoisotopic (exact) mass is 338 g/mol. The Morgan fingerprint density at radius 3 is 2.70 bits per heavy atom. The molecule has 1 aromatic rings. The van der Waals surface area contributed by atoms with Gasteiger partial charge in [0.2, 0.25) is 0 Å². The molecule has 0 aliphatic carbocycles. The van der Waals surface area contributed by atoms with Gasteiger partial charge in [0.15, 0.2) is 5.96 Å². The molecule has 0 unspecified atom stereocenters. The second-order valence-corrected chi connectivity index (χ2v) is 6.17. The van der Waals surface area contributed by atoms with Gasteiger partial charge in [-0.1, -0.05) is 23.7 Å². The molecule has 1 aromatic carbocycles. The van der Waals surface area contributed by atoms with Crippen molar-refractivity contribution in [1.29, 1.82) is 0 Å². The summed E-state index contributed by atoms with van der Waals surface area (Å²) in [7, 11) is 0. The van der Waals surface area contributed by atoms with E-state index < -0.39 is 0 Å². The lowest BCUT2D eigenvalue weighted by Gasteiger charge is -2.26. The summed E-state index contributed by atoms with van der Waals surface area (Å²) in [6.45, 7) is 6.47. The molecular formula is C17H27ClN4O. The summed E-state index contributed by atoms with van der Waals surface area (Å²) >= 11 is 5.87. The summed E-state index contributed by atoms with van der Waals surface area (Å²) < 4.78 is 5.33. The number of benzene rings is 1. The van der Waals surface area contributed by atoms with Crippen LogP contribution >= 0.6 is 11.6 Å². The molecule has 23 heavy (non-hydrogen) atoms. The third kappa shape index (κ3) is 7.68. The van der Waals surface area contributed by atoms with E-state index in [-0.39, 0.29) is 0 Å². The number of nitrogens with zero attached hydrogens (tertiary/aromatic N) is 2. The predicted molar refractivity (Wildman–Crippen MR) is 96.1 cm³/mol. The van der Waals surface area contributed by atoms with Gasteiger partial charge >= 0.3 is 0 Å². The van der Waals surface area contributed by atoms with Crippen molar-refractivity contribution >= 4 is 17.6 Å². The Balaban J connectivity index is 1.51. The Bertz CT molecular complexity index is 472. The van der Waals surface area contributed by atoms with Gasteiger partial charge in [-0.05, 0) is 43.5 Å². The topological polar surface area (TPSA) is 62.9 Å². The van der Waals surface area contributed by atoms with E-state index in [0.717, 1.165) is 70.2 Å². The van der Waals surface area contributed by atoms with E-state index in [1.165, 1.54) is 5.56 Å². The molecule has 0 atom stereocenters. The SMILES string of the molecule is NC(=NCCCc1ccc(Cl)cc1)NCCCN1CCOCC1. The van der Waals surface area contributed by atoms with Crippen molar-refractivity contribution in [3.63, 3.8) is 0 Å². The summed E-state index contributed by atoms with van der Waals surface area (Å²) in [5.41, 5.74) is 7.16. The van der Waals surface area contributed by atoms with E-state index in [1.807, 2.05) is 12.1 Å². The summed E-state index contributed by atoms with van der Waals surface area (Å²) in [6.07, 6.45) is 3.05. The van der Waals surface area contributed by atoms with Crippen LogP contribution in [0.2, 0.25) is 5.02 Å². The normalized spacial score (nSPS) is 16.5. The standard InChI is InChI=1S/C17H27ClN4O/c18-16-6-4-15(5-7-16)3-1-8-20-17(19)21-9-2-10-22-11-13-23-14-12-22/h4-7H,1-3,8-14H2,(H3,19,20,21). The Hall–Kier alpha value is -1.30. The molecule has 0 saturated carbocycles. The van der Waals surface area contributed by atoms with E-state index in [1.54, 1.807) is 0 Å². The number of morpholine rings is 1. The third-order valence-electron chi connectivity index (χ3n) is 3.88. The molecule has 1 fully saturated rings. The smallest absolute Gasteiger partial charge is 0.188 e. The molecule has 0 amide bonds. The number of nitrogens with two attached hydrogens (primary N) is 1. The maximum atomic E-state index is 5.88. The number of ether oxygens (including phenoxy) is 1. The van der Waals surface area contributed by atoms with Crippen molar-refractivity contribution in [3.8, 4) is 0 Å². The molecule has 128 valence electrons. The Kier molecular flexibility index (Phi) is 8.21. The highest BCUT2D eigenvalue weighted by Gasteiger charge is 2.08. The van der Waals surface area contributed by atoms with E-state index in [4.69, 9.17) is 22.1 Å². The number of hydrogen-bond donors (Lipinski definition) is 2.